The number of nitrogens with one attached hydrogen (secondary N) is 1. The van der Waals surface area contributed by atoms with Gasteiger partial charge in [-0.3, -0.25) is 24.8 Å². The van der Waals surface area contributed by atoms with Gasteiger partial charge < -0.3 is 61.8 Å². The molecular weight excluding hydrogens is 1810 g/mol. The minimum Gasteiger partial charge on any atom is -0.493 e. The standard InChI is InChI=1S/C19H21ClN2O5S.C19H22ClNO6S.C19H24ClNO4S.C12H19NO4S.C6H3ClFNO2.CH3.W/c1-4-27-17-10-12(8-9-16(17)26-2)15(11-28(3,24)25)22-14-7-5-6-13(20)18(14)21-19(22)23;1-4-27-18-11-13(8-9-17(18)26-2)15(12-28(3,24)25)10-14-6-5-7-16(20)19(14)21(22)23;1-4-25-18-11-13(8-9-17(18)24-2)15(12-26(3,22)23)10-14-6-5-7-16(20)19(14)21;1-4-17-12-7-9(5-6-11(12)16-2)10(13)8-18(3,14)15;7-4-2-1-3-5(8)6(4)9(10)11;;/h5-10,15H,4,11H2,1-3H3,(H,21,23);5-9,11,15H,4,10,12H2,1-3H3;5-9,11,15H,4,10,12,21H2,1-3H3;5-7,10H,4,8,13H2,1-3H3;1-3H;1H3;/q;;;;;-1;/t3*15-;10-;;;/m1111.../s1. The number of sulfone groups is 4. The van der Waals surface area contributed by atoms with E-state index in [4.69, 9.17) is 95.8 Å². The van der Waals surface area contributed by atoms with E-state index in [0.29, 0.717) is 128 Å². The summed E-state index contributed by atoms with van der Waals surface area (Å²) in [5, 5.41) is 22.2. The Hall–Kier alpha value is -8.43. The zero-order valence-electron chi connectivity index (χ0n) is 64.2. The van der Waals surface area contributed by atoms with E-state index < -0.39 is 84.4 Å². The van der Waals surface area contributed by atoms with Gasteiger partial charge in [0.25, 0.3) is 5.69 Å². The van der Waals surface area contributed by atoms with Crippen LogP contribution < -0.4 is 55.1 Å². The summed E-state index contributed by atoms with van der Waals surface area (Å²) in [4.78, 5) is 35.6. The molecule has 1 aromatic heterocycles. The second-order valence-corrected chi connectivity index (χ2v) is 35.1. The van der Waals surface area contributed by atoms with Crippen molar-refractivity contribution in [2.24, 2.45) is 5.73 Å². The normalized spacial score (nSPS) is 12.2. The van der Waals surface area contributed by atoms with Gasteiger partial charge in [-0.2, -0.15) is 4.39 Å². The van der Waals surface area contributed by atoms with E-state index >= 15 is 0 Å². The molecule has 9 aromatic rings. The quantitative estimate of drug-likeness (QED) is 0.0157. The molecule has 4 atom stereocenters. The van der Waals surface area contributed by atoms with Crippen LogP contribution in [0, 0.1) is 33.5 Å². The third-order valence-electron chi connectivity index (χ3n) is 16.1. The van der Waals surface area contributed by atoms with Crippen molar-refractivity contribution in [3.8, 4) is 46.0 Å². The van der Waals surface area contributed by atoms with Gasteiger partial charge >= 0.3 is 11.4 Å². The zero-order valence-corrected chi connectivity index (χ0v) is 73.5. The Labute approximate surface area is 692 Å². The Balaban J connectivity index is 0.000000374. The summed E-state index contributed by atoms with van der Waals surface area (Å²) in [5.41, 5.74) is 16.1. The minimum atomic E-state index is -3.41. The molecule has 0 bridgehead atoms. The maximum Gasteiger partial charge on any atom is 0.327 e. The van der Waals surface area contributed by atoms with Crippen LogP contribution in [0.5, 0.6) is 46.0 Å². The van der Waals surface area contributed by atoms with Crippen LogP contribution in [0.15, 0.2) is 150 Å². The number of nitrogens with zero attached hydrogens (tertiary/aromatic N) is 3. The van der Waals surface area contributed by atoms with E-state index in [2.05, 4.69) is 4.98 Å². The number of H-pyrrole nitrogens is 1. The molecule has 1 heterocycles. The second-order valence-electron chi connectivity index (χ2n) is 24.7. The van der Waals surface area contributed by atoms with E-state index in [9.17, 15) is 63.1 Å². The maximum atomic E-state index is 12.7. The molecule has 8 aromatic carbocycles. The van der Waals surface area contributed by atoms with E-state index in [1.165, 1.54) is 49.5 Å². The van der Waals surface area contributed by atoms with Crippen LogP contribution in [-0.2, 0) is 73.3 Å². The number of halogens is 5. The molecule has 5 N–H and O–H groups in total. The Bertz CT molecular complexity index is 5220. The molecule has 37 heteroatoms. The summed E-state index contributed by atoms with van der Waals surface area (Å²) in [6, 6.07) is 38.3. The number of imidazole rings is 1. The van der Waals surface area contributed by atoms with Gasteiger partial charge in [0.15, 0.2) is 46.0 Å². The smallest absolute Gasteiger partial charge is 0.327 e. The molecule has 0 unspecified atom stereocenters. The van der Waals surface area contributed by atoms with Crippen molar-refractivity contribution in [3.63, 3.8) is 0 Å². The maximum absolute atomic E-state index is 12.7. The molecule has 0 aliphatic heterocycles. The van der Waals surface area contributed by atoms with Gasteiger partial charge in [0, 0.05) is 69.5 Å². The molecule has 0 amide bonds. The largest absolute Gasteiger partial charge is 0.493 e. The molecule has 0 saturated heterocycles. The molecule has 0 aliphatic rings. The third-order valence-corrected chi connectivity index (χ3v) is 21.3. The Kier molecular flexibility index (Phi) is 39.9. The number of nitro benzene ring substituents is 2. The van der Waals surface area contributed by atoms with Crippen LogP contribution in [0.3, 0.4) is 0 Å². The number of nitrogen functional groups attached to an aromatic ring is 1. The van der Waals surface area contributed by atoms with E-state index in [-0.39, 0.29) is 79.6 Å². The second kappa shape index (κ2) is 45.6. The molecule has 0 fully saturated rings. The summed E-state index contributed by atoms with van der Waals surface area (Å²) in [6.45, 7) is 9.23. The fourth-order valence-electron chi connectivity index (χ4n) is 11.4. The van der Waals surface area contributed by atoms with Crippen LogP contribution in [-0.4, -0.2) is 156 Å². The number of aromatic nitrogens is 2. The summed E-state index contributed by atoms with van der Waals surface area (Å²) in [5.74, 6) is 2.15. The number of ether oxygens (including phenoxy) is 8. The first-order valence-electron chi connectivity index (χ1n) is 33.8. The summed E-state index contributed by atoms with van der Waals surface area (Å²) in [7, 11) is -6.92. The molecule has 9 rings (SSSR count). The van der Waals surface area contributed by atoms with Gasteiger partial charge in [0.05, 0.1) is 121 Å². The number of benzene rings is 8. The van der Waals surface area contributed by atoms with Crippen molar-refractivity contribution in [2.45, 2.75) is 64.5 Å². The number of hydrogen-bond donors (Lipinski definition) is 3. The van der Waals surface area contributed by atoms with Gasteiger partial charge in [-0.25, -0.2) is 38.5 Å². The van der Waals surface area contributed by atoms with E-state index in [0.717, 1.165) is 29.7 Å². The van der Waals surface area contributed by atoms with Crippen molar-refractivity contribution < 1.29 is 107 Å². The third kappa shape index (κ3) is 30.4. The zero-order chi connectivity index (χ0) is 82.9. The summed E-state index contributed by atoms with van der Waals surface area (Å²) < 4.78 is 152. The van der Waals surface area contributed by atoms with Gasteiger partial charge in [0.2, 0.25) is 5.82 Å². The Morgan fingerprint density at radius 3 is 1.20 bits per heavy atom. The molecule has 0 aliphatic carbocycles. The number of aromatic amines is 1. The first kappa shape index (κ1) is 98.8. The number of anilines is 1. The predicted octanol–water partition coefficient (Wildman–Crippen LogP) is 14.7. The number of fused-ring (bicyclic) bond motifs is 1. The van der Waals surface area contributed by atoms with Gasteiger partial charge in [-0.05, 0) is 153 Å². The number of nitrogens with two attached hydrogens (primary N) is 2. The van der Waals surface area contributed by atoms with Crippen molar-refractivity contribution in [1.82, 2.24) is 9.55 Å². The van der Waals surface area contributed by atoms with Crippen molar-refractivity contribution in [2.75, 3.05) is 109 Å². The average molecular weight is 1900 g/mol. The molecule has 27 nitrogen and oxygen atoms in total. The number of rotatable bonds is 31. The summed E-state index contributed by atoms with van der Waals surface area (Å²) >= 11 is 23.6. The van der Waals surface area contributed by atoms with Crippen molar-refractivity contribution in [1.29, 1.82) is 0 Å². The first-order chi connectivity index (χ1) is 52.1. The van der Waals surface area contributed by atoms with E-state index in [1.807, 2.05) is 52.0 Å². The van der Waals surface area contributed by atoms with Crippen LogP contribution in [0.25, 0.3) is 11.0 Å². The number of methoxy groups -OCH3 is 4. The molecule has 0 radical (unpaired) electrons. The Morgan fingerprint density at radius 1 is 0.469 bits per heavy atom. The fraction of sp³-hybridized carbons (Fsp3) is 0.342. The first-order valence-corrected chi connectivity index (χ1v) is 43.5. The van der Waals surface area contributed by atoms with Gasteiger partial charge in [0.1, 0.15) is 49.4 Å². The van der Waals surface area contributed by atoms with Crippen LogP contribution >= 0.6 is 46.4 Å². The van der Waals surface area contributed by atoms with Crippen molar-refractivity contribution >= 4 is 114 Å². The van der Waals surface area contributed by atoms with Crippen molar-refractivity contribution in [3.05, 3.63) is 243 Å². The summed E-state index contributed by atoms with van der Waals surface area (Å²) in [6.07, 6.45) is 5.27. The average Bonchev–Trinajstić information content (AvgIpc) is 1.64. The monoisotopic (exact) mass is 1900 g/mol. The van der Waals surface area contributed by atoms with Crippen LogP contribution in [0.1, 0.15) is 85.0 Å². The molecule has 0 spiro atoms. The van der Waals surface area contributed by atoms with Crippen LogP contribution in [0.4, 0.5) is 21.5 Å². The molecule has 0 saturated carbocycles. The topological polar surface area (TPSA) is 387 Å². The predicted molar refractivity (Wildman–Crippen MR) is 439 cm³/mol. The molecule has 618 valence electrons. The Morgan fingerprint density at radius 2 is 0.814 bits per heavy atom. The number of para-hydroxylation sites is 4. The van der Waals surface area contributed by atoms with Crippen LogP contribution in [0.2, 0.25) is 20.1 Å². The SMILES string of the molecule is CCOc1cc([C@@H](CS(C)(=O)=O)n2c(=O)[nH]c3c(Cl)cccc32)ccc1OC.CCOc1cc([C@H](Cc2cccc(Cl)c2N)CS(C)(=O)=O)ccc1OC.CCOc1cc([C@H](Cc2cccc(Cl)c2[N+](=O)[O-])CS(C)(=O)=O)ccc1OC.CCOc1cc([C@H](N)CS(C)(=O)=O)ccc1OC.O=[N+]([O-])c1c(F)cccc1Cl.[CH3-].[W]. The number of hydrogen-bond acceptors (Lipinski definition) is 23. The van der Waals surface area contributed by atoms with Gasteiger partial charge in [-0.15, -0.1) is 0 Å². The minimum absolute atomic E-state index is 0. The molecule has 113 heavy (non-hydrogen) atoms. The molecular formula is C76H92Cl4FN6O21S4W-. The fourth-order valence-corrected chi connectivity index (χ4v) is 16.2. The van der Waals surface area contributed by atoms with Gasteiger partial charge in [-0.1, -0.05) is 107 Å². The van der Waals surface area contributed by atoms with E-state index in [1.54, 1.807) is 111 Å². The number of nitro groups is 2.